The van der Waals surface area contributed by atoms with E-state index >= 15 is 0 Å². The Bertz CT molecular complexity index is 684. The SMILES string of the molecule is C=C/C=C/[C](c1ccccc1N(CC)CC)c1ccccc1N(CC)CC. The Labute approximate surface area is 165 Å². The lowest BCUT2D eigenvalue weighted by Gasteiger charge is -2.30. The molecule has 0 aromatic heterocycles. The first-order chi connectivity index (χ1) is 13.2. The Morgan fingerprint density at radius 2 is 1.15 bits per heavy atom. The number of rotatable bonds is 10. The highest BCUT2D eigenvalue weighted by molar-refractivity contribution is 5.72. The molecule has 1 radical (unpaired) electrons. The van der Waals surface area contributed by atoms with E-state index in [1.54, 1.807) is 0 Å². The third-order valence-corrected chi connectivity index (χ3v) is 5.00. The maximum atomic E-state index is 3.88. The average molecular weight is 362 g/mol. The molecule has 0 saturated heterocycles. The Morgan fingerprint density at radius 1 is 0.741 bits per heavy atom. The fraction of sp³-hybridized carbons (Fsp3) is 0.320. The first kappa shape index (κ1) is 20.8. The predicted molar refractivity (Wildman–Crippen MR) is 121 cm³/mol. The summed E-state index contributed by atoms with van der Waals surface area (Å²) in [4.78, 5) is 4.83. The Balaban J connectivity index is 2.66. The van der Waals surface area contributed by atoms with Gasteiger partial charge in [-0.1, -0.05) is 61.2 Å². The minimum atomic E-state index is 0.990. The largest absolute Gasteiger partial charge is 0.372 e. The summed E-state index contributed by atoms with van der Waals surface area (Å²) >= 11 is 0. The molecule has 0 bridgehead atoms. The summed E-state index contributed by atoms with van der Waals surface area (Å²) in [5.74, 6) is 1.24. The van der Waals surface area contributed by atoms with E-state index in [4.69, 9.17) is 0 Å². The van der Waals surface area contributed by atoms with Gasteiger partial charge in [0.1, 0.15) is 0 Å². The molecule has 27 heavy (non-hydrogen) atoms. The Kier molecular flexibility index (Phi) is 8.19. The summed E-state index contributed by atoms with van der Waals surface area (Å²) in [6, 6.07) is 17.4. The maximum absolute atomic E-state index is 3.88. The van der Waals surface area contributed by atoms with Crippen LogP contribution in [0.4, 0.5) is 11.4 Å². The third kappa shape index (κ3) is 4.82. The maximum Gasteiger partial charge on any atom is 0.0599 e. The second-order valence-electron chi connectivity index (χ2n) is 6.39. The molecule has 0 saturated carbocycles. The van der Waals surface area contributed by atoms with Crippen LogP contribution < -0.4 is 9.80 Å². The van der Waals surface area contributed by atoms with Crippen LogP contribution in [0.3, 0.4) is 0 Å². The molecule has 2 aromatic carbocycles. The molecule has 0 aliphatic carbocycles. The van der Waals surface area contributed by atoms with Crippen LogP contribution in [0.5, 0.6) is 0 Å². The number of allylic oxidation sites excluding steroid dienone is 3. The van der Waals surface area contributed by atoms with Crippen molar-refractivity contribution < 1.29 is 0 Å². The molecule has 0 heterocycles. The smallest absolute Gasteiger partial charge is 0.0599 e. The lowest BCUT2D eigenvalue weighted by atomic mass is 9.87. The van der Waals surface area contributed by atoms with Crippen molar-refractivity contribution in [1.29, 1.82) is 0 Å². The van der Waals surface area contributed by atoms with Gasteiger partial charge in [-0.05, 0) is 51.0 Å². The van der Waals surface area contributed by atoms with E-state index < -0.39 is 0 Å². The average Bonchev–Trinajstić information content (AvgIpc) is 2.72. The lowest BCUT2D eigenvalue weighted by molar-refractivity contribution is 0.855. The van der Waals surface area contributed by atoms with Crippen LogP contribution in [-0.4, -0.2) is 26.2 Å². The van der Waals surface area contributed by atoms with Gasteiger partial charge in [-0.25, -0.2) is 0 Å². The van der Waals surface area contributed by atoms with Gasteiger partial charge in [-0.2, -0.15) is 0 Å². The van der Waals surface area contributed by atoms with Gasteiger partial charge in [0.15, 0.2) is 0 Å². The first-order valence-electron chi connectivity index (χ1n) is 10.1. The van der Waals surface area contributed by atoms with Crippen molar-refractivity contribution in [2.75, 3.05) is 36.0 Å². The first-order valence-corrected chi connectivity index (χ1v) is 10.1. The Morgan fingerprint density at radius 3 is 1.52 bits per heavy atom. The van der Waals surface area contributed by atoms with E-state index in [2.05, 4.69) is 98.7 Å². The van der Waals surface area contributed by atoms with E-state index in [-0.39, 0.29) is 0 Å². The molecule has 2 rings (SSSR count). The second-order valence-corrected chi connectivity index (χ2v) is 6.39. The molecule has 143 valence electrons. The highest BCUT2D eigenvalue weighted by Crippen LogP contribution is 2.37. The summed E-state index contributed by atoms with van der Waals surface area (Å²) in [5, 5.41) is 0. The summed E-state index contributed by atoms with van der Waals surface area (Å²) in [5.41, 5.74) is 5.08. The summed E-state index contributed by atoms with van der Waals surface area (Å²) in [7, 11) is 0. The highest BCUT2D eigenvalue weighted by atomic mass is 15.1. The molecule has 2 aromatic rings. The number of hydrogen-bond donors (Lipinski definition) is 0. The molecular formula is C25H33N2. The number of para-hydroxylation sites is 2. The minimum absolute atomic E-state index is 0.990. The normalized spacial score (nSPS) is 11.1. The minimum Gasteiger partial charge on any atom is -0.372 e. The molecule has 0 N–H and O–H groups in total. The van der Waals surface area contributed by atoms with Crippen molar-refractivity contribution in [2.24, 2.45) is 0 Å². The topological polar surface area (TPSA) is 6.48 Å². The van der Waals surface area contributed by atoms with Crippen molar-refractivity contribution >= 4 is 11.4 Å². The molecule has 2 nitrogen and oxygen atoms in total. The molecule has 2 heteroatoms. The van der Waals surface area contributed by atoms with Gasteiger partial charge in [-0.15, -0.1) is 0 Å². The van der Waals surface area contributed by atoms with Crippen LogP contribution in [0.15, 0.2) is 73.3 Å². The molecule has 0 amide bonds. The van der Waals surface area contributed by atoms with E-state index in [1.807, 2.05) is 12.2 Å². The quantitative estimate of drug-likeness (QED) is 0.472. The fourth-order valence-corrected chi connectivity index (χ4v) is 3.57. The van der Waals surface area contributed by atoms with Crippen molar-refractivity contribution in [1.82, 2.24) is 0 Å². The number of benzene rings is 2. The van der Waals surface area contributed by atoms with Crippen molar-refractivity contribution in [3.63, 3.8) is 0 Å². The van der Waals surface area contributed by atoms with E-state index in [0.29, 0.717) is 0 Å². The second kappa shape index (κ2) is 10.6. The summed E-state index contributed by atoms with van der Waals surface area (Å²) < 4.78 is 0. The molecule has 0 aliphatic heterocycles. The standard InChI is InChI=1S/C25H33N2/c1-6-11-16-21(22-17-12-14-19-24(22)26(7-2)8-3)23-18-13-15-20-25(23)27(9-4)10-5/h6,11-20H,1,7-10H2,2-5H3/b16-11+. The molecule has 0 fully saturated rings. The van der Waals surface area contributed by atoms with Gasteiger partial charge in [0.2, 0.25) is 0 Å². The fourth-order valence-electron chi connectivity index (χ4n) is 3.57. The third-order valence-electron chi connectivity index (χ3n) is 5.00. The van der Waals surface area contributed by atoms with Gasteiger partial charge < -0.3 is 9.80 Å². The zero-order chi connectivity index (χ0) is 19.6. The molecule has 0 spiro atoms. The van der Waals surface area contributed by atoms with Gasteiger partial charge in [0, 0.05) is 37.6 Å². The van der Waals surface area contributed by atoms with E-state index in [9.17, 15) is 0 Å². The zero-order valence-electron chi connectivity index (χ0n) is 17.3. The molecule has 0 unspecified atom stereocenters. The van der Waals surface area contributed by atoms with Crippen LogP contribution in [0.1, 0.15) is 38.8 Å². The Hall–Kier alpha value is -2.48. The van der Waals surface area contributed by atoms with Crippen LogP contribution >= 0.6 is 0 Å². The zero-order valence-corrected chi connectivity index (χ0v) is 17.3. The summed E-state index contributed by atoms with van der Waals surface area (Å²) in [6.45, 7) is 16.7. The van der Waals surface area contributed by atoms with Gasteiger partial charge in [0.05, 0.1) is 5.92 Å². The molecular weight excluding hydrogens is 328 g/mol. The number of nitrogens with zero attached hydrogens (tertiary/aromatic N) is 2. The monoisotopic (exact) mass is 361 g/mol. The van der Waals surface area contributed by atoms with Crippen LogP contribution in [-0.2, 0) is 0 Å². The molecule has 0 atom stereocenters. The van der Waals surface area contributed by atoms with Crippen LogP contribution in [0, 0.1) is 5.92 Å². The van der Waals surface area contributed by atoms with Gasteiger partial charge in [-0.3, -0.25) is 0 Å². The van der Waals surface area contributed by atoms with Crippen molar-refractivity contribution in [3.05, 3.63) is 90.4 Å². The van der Waals surface area contributed by atoms with Crippen molar-refractivity contribution in [2.45, 2.75) is 27.7 Å². The van der Waals surface area contributed by atoms with E-state index in [1.165, 1.54) is 28.4 Å². The van der Waals surface area contributed by atoms with E-state index in [0.717, 1.165) is 26.2 Å². The lowest BCUT2D eigenvalue weighted by Crippen LogP contribution is -2.25. The highest BCUT2D eigenvalue weighted by Gasteiger charge is 2.21. The van der Waals surface area contributed by atoms with Crippen LogP contribution in [0.25, 0.3) is 0 Å². The predicted octanol–water partition coefficient (Wildman–Crippen LogP) is 6.09. The van der Waals surface area contributed by atoms with Crippen LogP contribution in [0.2, 0.25) is 0 Å². The number of hydrogen-bond acceptors (Lipinski definition) is 2. The van der Waals surface area contributed by atoms with Crippen molar-refractivity contribution in [3.8, 4) is 0 Å². The van der Waals surface area contributed by atoms with Gasteiger partial charge in [0.25, 0.3) is 0 Å². The summed E-state index contributed by atoms with van der Waals surface area (Å²) in [6.07, 6.45) is 6.07. The van der Waals surface area contributed by atoms with Gasteiger partial charge >= 0.3 is 0 Å². The molecule has 0 aliphatic rings. The number of anilines is 2.